The molecule has 0 radical (unpaired) electrons. The van der Waals surface area contributed by atoms with Gasteiger partial charge in [-0.05, 0) is 58.2 Å². The molecule has 3 aliphatic heterocycles. The molecule has 5 rings (SSSR count). The van der Waals surface area contributed by atoms with E-state index in [0.717, 1.165) is 23.5 Å². The molecule has 1 N–H and O–H groups in total. The van der Waals surface area contributed by atoms with Crippen LogP contribution in [0.4, 0.5) is 35.4 Å². The second kappa shape index (κ2) is 9.18. The van der Waals surface area contributed by atoms with E-state index in [-0.39, 0.29) is 31.1 Å². The van der Waals surface area contributed by atoms with Gasteiger partial charge in [0, 0.05) is 24.8 Å². The quantitative estimate of drug-likeness (QED) is 0.620. The van der Waals surface area contributed by atoms with E-state index < -0.39 is 35.5 Å². The number of amides is 1. The van der Waals surface area contributed by atoms with E-state index >= 15 is 0 Å². The summed E-state index contributed by atoms with van der Waals surface area (Å²) in [7, 11) is 0. The number of halogens is 3. The Morgan fingerprint density at radius 2 is 1.95 bits per heavy atom. The Labute approximate surface area is 218 Å². The third-order valence-corrected chi connectivity index (χ3v) is 7.31. The highest BCUT2D eigenvalue weighted by Gasteiger charge is 2.59. The minimum atomic E-state index is -4.59. The summed E-state index contributed by atoms with van der Waals surface area (Å²) in [4.78, 5) is 32.7. The summed E-state index contributed by atoms with van der Waals surface area (Å²) >= 11 is 0. The normalized spacial score (nSPS) is 24.6. The maximum Gasteiger partial charge on any atom is 0.413 e. The van der Waals surface area contributed by atoms with Gasteiger partial charge >= 0.3 is 12.3 Å². The molecule has 206 valence electrons. The Morgan fingerprint density at radius 3 is 2.53 bits per heavy atom. The van der Waals surface area contributed by atoms with E-state index in [1.807, 2.05) is 4.90 Å². The molecule has 0 saturated carbocycles. The highest BCUT2D eigenvalue weighted by Crippen LogP contribution is 2.44. The summed E-state index contributed by atoms with van der Waals surface area (Å²) in [6, 6.07) is 8.24. The Kier molecular flexibility index (Phi) is 6.36. The zero-order chi connectivity index (χ0) is 27.5. The number of fused-ring (bicyclic) bond motifs is 3. The number of nitrogens with one attached hydrogen (secondary N) is 1. The second-order valence-electron chi connectivity index (χ2n) is 11.3. The number of nitrogens with zero attached hydrogens (tertiary/aromatic N) is 4. The van der Waals surface area contributed by atoms with Gasteiger partial charge in [-0.1, -0.05) is 12.1 Å². The molecule has 2 saturated heterocycles. The van der Waals surface area contributed by atoms with Crippen LogP contribution in [0.25, 0.3) is 0 Å². The summed E-state index contributed by atoms with van der Waals surface area (Å²) in [5.41, 5.74) is -2.13. The van der Waals surface area contributed by atoms with Crippen molar-refractivity contribution in [2.24, 2.45) is 0 Å². The molecule has 3 atom stereocenters. The third-order valence-electron chi connectivity index (χ3n) is 7.31. The van der Waals surface area contributed by atoms with Crippen LogP contribution >= 0.6 is 0 Å². The van der Waals surface area contributed by atoms with Crippen molar-refractivity contribution in [3.05, 3.63) is 46.2 Å². The molecule has 4 heterocycles. The predicted octanol–water partition coefficient (Wildman–Crippen LogP) is 3.95. The average Bonchev–Trinajstić information content (AvgIpc) is 3.51. The summed E-state index contributed by atoms with van der Waals surface area (Å²) in [6.45, 7) is 6.96. The number of anilines is 3. The molecule has 1 amide bonds. The molecule has 9 nitrogen and oxygen atoms in total. The zero-order valence-electron chi connectivity index (χ0n) is 21.8. The van der Waals surface area contributed by atoms with Crippen LogP contribution in [0.2, 0.25) is 0 Å². The minimum Gasteiger partial charge on any atom is -0.444 e. The number of rotatable bonds is 5. The molecular weight excluding hydrogens is 503 g/mol. The van der Waals surface area contributed by atoms with Crippen LogP contribution in [-0.2, 0) is 22.4 Å². The highest BCUT2D eigenvalue weighted by molar-refractivity contribution is 5.84. The van der Waals surface area contributed by atoms with Crippen molar-refractivity contribution < 1.29 is 27.4 Å². The first kappa shape index (κ1) is 26.3. The fourth-order valence-corrected chi connectivity index (χ4v) is 5.28. The Balaban J connectivity index is 1.36. The number of hydrogen-bond donors (Lipinski definition) is 1. The van der Waals surface area contributed by atoms with Gasteiger partial charge in [0.15, 0.2) is 5.54 Å². The van der Waals surface area contributed by atoms with E-state index in [0.29, 0.717) is 24.7 Å². The summed E-state index contributed by atoms with van der Waals surface area (Å²) in [6.07, 6.45) is -4.02. The van der Waals surface area contributed by atoms with E-state index in [4.69, 9.17) is 9.47 Å². The molecule has 0 aliphatic carbocycles. The fourth-order valence-electron chi connectivity index (χ4n) is 5.28. The number of carbonyl (C=O) groups is 1. The predicted molar refractivity (Wildman–Crippen MR) is 136 cm³/mol. The molecule has 2 bridgehead atoms. The van der Waals surface area contributed by atoms with Crippen molar-refractivity contribution in [1.82, 2.24) is 9.55 Å². The molecule has 12 heteroatoms. The first-order valence-corrected chi connectivity index (χ1v) is 12.7. The van der Waals surface area contributed by atoms with Crippen LogP contribution in [0.1, 0.15) is 39.7 Å². The van der Waals surface area contributed by atoms with Crippen molar-refractivity contribution in [3.63, 3.8) is 0 Å². The SMILES string of the molecule is CC(C)(C)OC(=O)Nc1ccc(CCN2c3nc(N4C[C@@H]5C[C@H]4CO5)cc(=O)n3C[C@@]2(C)C(F)(F)F)cc1. The van der Waals surface area contributed by atoms with Crippen LogP contribution in [0.15, 0.2) is 35.1 Å². The van der Waals surface area contributed by atoms with Crippen LogP contribution in [0.5, 0.6) is 0 Å². The maximum atomic E-state index is 14.4. The van der Waals surface area contributed by atoms with Gasteiger partial charge in [-0.25, -0.2) is 4.79 Å². The second-order valence-corrected chi connectivity index (χ2v) is 11.3. The summed E-state index contributed by atoms with van der Waals surface area (Å²) in [5, 5.41) is 2.64. The van der Waals surface area contributed by atoms with Crippen molar-refractivity contribution in [2.45, 2.75) is 76.5 Å². The Hall–Kier alpha value is -3.28. The molecule has 0 unspecified atom stereocenters. The van der Waals surface area contributed by atoms with E-state index in [2.05, 4.69) is 10.3 Å². The lowest BCUT2D eigenvalue weighted by atomic mass is 10.00. The van der Waals surface area contributed by atoms with Gasteiger partial charge < -0.3 is 19.3 Å². The number of aromatic nitrogens is 2. The zero-order valence-corrected chi connectivity index (χ0v) is 21.8. The third kappa shape index (κ3) is 4.93. The molecule has 2 aromatic rings. The van der Waals surface area contributed by atoms with Gasteiger partial charge in [0.1, 0.15) is 11.4 Å². The van der Waals surface area contributed by atoms with Crippen LogP contribution in [0, 0.1) is 0 Å². The Morgan fingerprint density at radius 1 is 1.24 bits per heavy atom. The van der Waals surface area contributed by atoms with Gasteiger partial charge in [-0.3, -0.25) is 14.7 Å². The molecular formula is C26H32F3N5O4. The molecule has 0 spiro atoms. The van der Waals surface area contributed by atoms with Crippen LogP contribution < -0.4 is 20.7 Å². The van der Waals surface area contributed by atoms with Crippen LogP contribution in [0.3, 0.4) is 0 Å². The molecule has 38 heavy (non-hydrogen) atoms. The number of hydrogen-bond acceptors (Lipinski definition) is 7. The number of alkyl halides is 3. The first-order valence-electron chi connectivity index (χ1n) is 12.7. The van der Waals surface area contributed by atoms with E-state index in [1.54, 1.807) is 45.0 Å². The molecule has 1 aromatic heterocycles. The fraction of sp³-hybridized carbons (Fsp3) is 0.577. The topological polar surface area (TPSA) is 88.9 Å². The highest BCUT2D eigenvalue weighted by atomic mass is 19.4. The first-order chi connectivity index (χ1) is 17.7. The standard InChI is InChI=1S/C26H32F3N5O4/c1-24(2,3)38-23(36)30-17-7-5-16(6-8-17)9-10-34-22-31-20(32-13-19-11-18(32)14-37-19)12-21(35)33(22)15-25(34,4)26(27,28)29/h5-8,12,18-19H,9-11,13-15H2,1-4H3,(H,30,36)/t18-,19-,25-/m0/s1. The molecule has 3 aliphatic rings. The van der Waals surface area contributed by atoms with Gasteiger partial charge in [0.2, 0.25) is 5.95 Å². The number of morpholine rings is 1. The number of ether oxygens (including phenoxy) is 2. The lowest BCUT2D eigenvalue weighted by Gasteiger charge is -2.37. The van der Waals surface area contributed by atoms with Gasteiger partial charge in [-0.2, -0.15) is 18.2 Å². The molecule has 2 fully saturated rings. The average molecular weight is 536 g/mol. The Bertz CT molecular complexity index is 1270. The van der Waals surface area contributed by atoms with Gasteiger partial charge in [0.25, 0.3) is 5.56 Å². The van der Waals surface area contributed by atoms with Crippen LogP contribution in [-0.4, -0.2) is 64.8 Å². The van der Waals surface area contributed by atoms with Gasteiger partial charge in [0.05, 0.1) is 25.3 Å². The van der Waals surface area contributed by atoms with E-state index in [9.17, 15) is 22.8 Å². The lowest BCUT2D eigenvalue weighted by Crippen LogP contribution is -2.56. The summed E-state index contributed by atoms with van der Waals surface area (Å²) in [5.74, 6) is 0.422. The van der Waals surface area contributed by atoms with Gasteiger partial charge in [-0.15, -0.1) is 0 Å². The number of benzene rings is 1. The monoisotopic (exact) mass is 535 g/mol. The number of carbonyl (C=O) groups excluding carboxylic acids is 1. The summed E-state index contributed by atoms with van der Waals surface area (Å²) < 4.78 is 55.1. The lowest BCUT2D eigenvalue weighted by molar-refractivity contribution is -0.182. The maximum absolute atomic E-state index is 14.4. The van der Waals surface area contributed by atoms with Crippen molar-refractivity contribution in [3.8, 4) is 0 Å². The van der Waals surface area contributed by atoms with Crippen molar-refractivity contribution >= 4 is 23.5 Å². The molecule has 1 aromatic carbocycles. The minimum absolute atomic E-state index is 0.0000902. The van der Waals surface area contributed by atoms with E-state index in [1.165, 1.54) is 11.0 Å². The largest absolute Gasteiger partial charge is 0.444 e. The van der Waals surface area contributed by atoms with Crippen molar-refractivity contribution in [2.75, 3.05) is 34.8 Å². The smallest absolute Gasteiger partial charge is 0.413 e. The van der Waals surface area contributed by atoms with Crippen molar-refractivity contribution in [1.29, 1.82) is 0 Å².